The average Bonchev–Trinajstić information content (AvgIpc) is 3.08. The SMILES string of the molecule is O=C(NC1(CBr)CC1)c1cc(Cl)cc([N+](=O)[O-])c1. The molecule has 0 saturated heterocycles. The second kappa shape index (κ2) is 4.85. The highest BCUT2D eigenvalue weighted by Gasteiger charge is 2.43. The Morgan fingerprint density at radius 1 is 1.50 bits per heavy atom. The van der Waals surface area contributed by atoms with Crippen LogP contribution in [0.3, 0.4) is 0 Å². The van der Waals surface area contributed by atoms with E-state index >= 15 is 0 Å². The Bertz CT molecular complexity index is 517. The lowest BCUT2D eigenvalue weighted by Gasteiger charge is -2.14. The van der Waals surface area contributed by atoms with Gasteiger partial charge in [0.15, 0.2) is 0 Å². The summed E-state index contributed by atoms with van der Waals surface area (Å²) in [5.41, 5.74) is -0.175. The van der Waals surface area contributed by atoms with E-state index in [-0.39, 0.29) is 27.7 Å². The summed E-state index contributed by atoms with van der Waals surface area (Å²) in [5.74, 6) is -0.336. The molecule has 0 aliphatic heterocycles. The molecule has 1 amide bonds. The fraction of sp³-hybridized carbons (Fsp3) is 0.364. The van der Waals surface area contributed by atoms with Crippen LogP contribution >= 0.6 is 27.5 Å². The minimum atomic E-state index is -0.569. The van der Waals surface area contributed by atoms with Crippen molar-refractivity contribution in [1.29, 1.82) is 0 Å². The number of rotatable bonds is 4. The molecule has 5 nitrogen and oxygen atoms in total. The van der Waals surface area contributed by atoms with Crippen LogP contribution < -0.4 is 5.32 Å². The van der Waals surface area contributed by atoms with Crippen molar-refractivity contribution in [3.05, 3.63) is 38.9 Å². The van der Waals surface area contributed by atoms with Gasteiger partial charge in [0.05, 0.1) is 10.5 Å². The van der Waals surface area contributed by atoms with Crippen molar-refractivity contribution in [1.82, 2.24) is 5.32 Å². The fourth-order valence-corrected chi connectivity index (χ4v) is 2.50. The van der Waals surface area contributed by atoms with Gasteiger partial charge in [-0.1, -0.05) is 27.5 Å². The molecule has 1 N–H and O–H groups in total. The van der Waals surface area contributed by atoms with E-state index in [2.05, 4.69) is 21.2 Å². The molecule has 18 heavy (non-hydrogen) atoms. The molecular weight excluding hydrogens is 323 g/mol. The van der Waals surface area contributed by atoms with Crippen LogP contribution in [0.4, 0.5) is 5.69 Å². The molecule has 1 aliphatic carbocycles. The summed E-state index contributed by atoms with van der Waals surface area (Å²) in [4.78, 5) is 22.1. The molecule has 1 aromatic rings. The number of halogens is 2. The molecule has 1 aromatic carbocycles. The lowest BCUT2D eigenvalue weighted by Crippen LogP contribution is -2.38. The van der Waals surface area contributed by atoms with Crippen LogP contribution in [0.15, 0.2) is 18.2 Å². The Hall–Kier alpha value is -1.14. The van der Waals surface area contributed by atoms with Crippen molar-refractivity contribution >= 4 is 39.1 Å². The lowest BCUT2D eigenvalue weighted by molar-refractivity contribution is -0.384. The molecule has 1 aliphatic rings. The highest BCUT2D eigenvalue weighted by Crippen LogP contribution is 2.37. The molecule has 0 unspecified atom stereocenters. The van der Waals surface area contributed by atoms with E-state index in [1.807, 2.05) is 0 Å². The van der Waals surface area contributed by atoms with Crippen LogP contribution in [0.5, 0.6) is 0 Å². The van der Waals surface area contributed by atoms with Crippen molar-refractivity contribution in [2.24, 2.45) is 0 Å². The maximum atomic E-state index is 12.0. The number of hydrogen-bond donors (Lipinski definition) is 1. The Labute approximate surface area is 117 Å². The van der Waals surface area contributed by atoms with E-state index in [1.54, 1.807) is 0 Å². The van der Waals surface area contributed by atoms with Crippen molar-refractivity contribution in [3.8, 4) is 0 Å². The van der Waals surface area contributed by atoms with E-state index in [0.717, 1.165) is 12.8 Å². The quantitative estimate of drug-likeness (QED) is 0.523. The van der Waals surface area contributed by atoms with Gasteiger partial charge < -0.3 is 5.32 Å². The van der Waals surface area contributed by atoms with Crippen LogP contribution in [-0.4, -0.2) is 21.7 Å². The summed E-state index contributed by atoms with van der Waals surface area (Å²) in [6.45, 7) is 0. The number of nitrogens with zero attached hydrogens (tertiary/aromatic N) is 1. The highest BCUT2D eigenvalue weighted by molar-refractivity contribution is 9.09. The summed E-state index contributed by atoms with van der Waals surface area (Å²) in [7, 11) is 0. The second-order valence-electron chi connectivity index (χ2n) is 4.32. The number of nitro benzene ring substituents is 1. The Morgan fingerprint density at radius 2 is 2.17 bits per heavy atom. The summed E-state index contributed by atoms with van der Waals surface area (Å²) in [5, 5.41) is 14.4. The van der Waals surface area contributed by atoms with Gasteiger partial charge in [-0.15, -0.1) is 0 Å². The third kappa shape index (κ3) is 2.81. The predicted octanol–water partition coefficient (Wildman–Crippen LogP) is 2.91. The van der Waals surface area contributed by atoms with E-state index in [9.17, 15) is 14.9 Å². The summed E-state index contributed by atoms with van der Waals surface area (Å²) < 4.78 is 0. The van der Waals surface area contributed by atoms with Gasteiger partial charge >= 0.3 is 0 Å². The molecule has 2 rings (SSSR count). The Morgan fingerprint density at radius 3 is 2.67 bits per heavy atom. The number of carbonyl (C=O) groups excluding carboxylic acids is 1. The van der Waals surface area contributed by atoms with Crippen LogP contribution in [0.2, 0.25) is 5.02 Å². The van der Waals surface area contributed by atoms with Gasteiger partial charge in [0.2, 0.25) is 0 Å². The third-order valence-corrected chi connectivity index (χ3v) is 4.14. The molecule has 96 valence electrons. The number of benzene rings is 1. The monoisotopic (exact) mass is 332 g/mol. The standard InChI is InChI=1S/C11H10BrClN2O3/c12-6-11(1-2-11)14-10(16)7-3-8(13)5-9(4-7)15(17)18/h3-5H,1-2,6H2,(H,14,16). The topological polar surface area (TPSA) is 72.2 Å². The lowest BCUT2D eigenvalue weighted by atomic mass is 10.1. The molecule has 0 aromatic heterocycles. The van der Waals surface area contributed by atoms with E-state index in [4.69, 9.17) is 11.6 Å². The predicted molar refractivity (Wildman–Crippen MR) is 71.3 cm³/mol. The summed E-state index contributed by atoms with van der Waals surface area (Å²) >= 11 is 9.10. The molecule has 1 saturated carbocycles. The Balaban J connectivity index is 2.22. The first-order valence-corrected chi connectivity index (χ1v) is 6.79. The zero-order valence-electron chi connectivity index (χ0n) is 9.28. The van der Waals surface area contributed by atoms with E-state index in [1.165, 1.54) is 18.2 Å². The Kier molecular flexibility index (Phi) is 3.59. The number of alkyl halides is 1. The van der Waals surface area contributed by atoms with Gasteiger partial charge in [-0.05, 0) is 18.9 Å². The number of non-ortho nitro benzene ring substituents is 1. The van der Waals surface area contributed by atoms with Crippen molar-refractivity contribution < 1.29 is 9.72 Å². The first-order valence-electron chi connectivity index (χ1n) is 5.29. The minimum absolute atomic E-state index is 0.179. The molecule has 0 radical (unpaired) electrons. The van der Waals surface area contributed by atoms with E-state index < -0.39 is 4.92 Å². The maximum absolute atomic E-state index is 12.0. The van der Waals surface area contributed by atoms with Gasteiger partial charge in [-0.2, -0.15) is 0 Å². The fourth-order valence-electron chi connectivity index (χ4n) is 1.57. The van der Waals surface area contributed by atoms with Gasteiger partial charge in [0.25, 0.3) is 11.6 Å². The van der Waals surface area contributed by atoms with Crippen molar-refractivity contribution in [2.45, 2.75) is 18.4 Å². The zero-order valence-corrected chi connectivity index (χ0v) is 11.6. The number of nitrogens with one attached hydrogen (secondary N) is 1. The molecule has 0 heterocycles. The van der Waals surface area contributed by atoms with Crippen LogP contribution in [0.1, 0.15) is 23.2 Å². The highest BCUT2D eigenvalue weighted by atomic mass is 79.9. The van der Waals surface area contributed by atoms with Crippen molar-refractivity contribution in [2.75, 3.05) is 5.33 Å². The van der Waals surface area contributed by atoms with E-state index in [0.29, 0.717) is 5.33 Å². The smallest absolute Gasteiger partial charge is 0.271 e. The largest absolute Gasteiger partial charge is 0.346 e. The van der Waals surface area contributed by atoms with Crippen LogP contribution in [0.25, 0.3) is 0 Å². The summed E-state index contributed by atoms with van der Waals surface area (Å²) in [6, 6.07) is 3.87. The van der Waals surface area contributed by atoms with Gasteiger partial charge in [-0.25, -0.2) is 0 Å². The molecule has 1 fully saturated rings. The third-order valence-electron chi connectivity index (χ3n) is 2.84. The number of amides is 1. The minimum Gasteiger partial charge on any atom is -0.346 e. The van der Waals surface area contributed by atoms with Crippen molar-refractivity contribution in [3.63, 3.8) is 0 Å². The van der Waals surface area contributed by atoms with Gasteiger partial charge in [0.1, 0.15) is 0 Å². The first kappa shape index (κ1) is 13.3. The maximum Gasteiger partial charge on any atom is 0.271 e. The normalized spacial score (nSPS) is 16.1. The molecule has 7 heteroatoms. The first-order chi connectivity index (χ1) is 8.46. The number of nitro groups is 1. The zero-order chi connectivity index (χ0) is 13.3. The van der Waals surface area contributed by atoms with Gasteiger partial charge in [0, 0.05) is 28.0 Å². The number of carbonyl (C=O) groups is 1. The molecule has 0 spiro atoms. The molecule has 0 atom stereocenters. The molecular formula is C11H10BrClN2O3. The second-order valence-corrected chi connectivity index (χ2v) is 5.32. The van der Waals surface area contributed by atoms with Crippen LogP contribution in [0, 0.1) is 10.1 Å². The number of hydrogen-bond acceptors (Lipinski definition) is 3. The average molecular weight is 334 g/mol. The molecule has 0 bridgehead atoms. The van der Waals surface area contributed by atoms with Gasteiger partial charge in [-0.3, -0.25) is 14.9 Å². The van der Waals surface area contributed by atoms with Crippen LogP contribution in [-0.2, 0) is 0 Å². The summed E-state index contributed by atoms with van der Waals surface area (Å²) in [6.07, 6.45) is 1.82.